The third kappa shape index (κ3) is 4.80. The fourth-order valence-corrected chi connectivity index (χ4v) is 3.70. The van der Waals surface area contributed by atoms with Crippen LogP contribution in [0.2, 0.25) is 10.0 Å². The molecule has 0 unspecified atom stereocenters. The van der Waals surface area contributed by atoms with Crippen molar-refractivity contribution in [2.75, 3.05) is 38.6 Å². The van der Waals surface area contributed by atoms with Crippen LogP contribution in [-0.4, -0.2) is 48.2 Å². The molecule has 1 saturated heterocycles. The maximum absolute atomic E-state index is 6.28. The van der Waals surface area contributed by atoms with Gasteiger partial charge in [-0.1, -0.05) is 41.4 Å². The van der Waals surface area contributed by atoms with Gasteiger partial charge in [-0.3, -0.25) is 4.90 Å². The number of ether oxygens (including phenoxy) is 1. The third-order valence-electron chi connectivity index (χ3n) is 4.42. The molecule has 0 aliphatic carbocycles. The molecular weight excluding hydrogens is 389 g/mol. The number of thiocarbonyl (C=S) groups is 1. The van der Waals surface area contributed by atoms with Crippen LogP contribution in [0.1, 0.15) is 5.56 Å². The van der Waals surface area contributed by atoms with Crippen LogP contribution < -0.4 is 10.1 Å². The average molecular weight is 410 g/mol. The summed E-state index contributed by atoms with van der Waals surface area (Å²) in [5.41, 5.74) is 1.98. The van der Waals surface area contributed by atoms with E-state index in [1.54, 1.807) is 13.2 Å². The number of methoxy groups -OCH3 is 1. The highest BCUT2D eigenvalue weighted by Gasteiger charge is 2.20. The van der Waals surface area contributed by atoms with E-state index in [2.05, 4.69) is 15.1 Å². The van der Waals surface area contributed by atoms with Crippen molar-refractivity contribution < 1.29 is 4.74 Å². The van der Waals surface area contributed by atoms with Crippen molar-refractivity contribution >= 4 is 46.2 Å². The van der Waals surface area contributed by atoms with Crippen LogP contribution >= 0.6 is 35.4 Å². The van der Waals surface area contributed by atoms with Gasteiger partial charge in [-0.05, 0) is 42.0 Å². The minimum absolute atomic E-state index is 0.663. The Labute approximate surface area is 169 Å². The van der Waals surface area contributed by atoms with Gasteiger partial charge in [0.1, 0.15) is 5.75 Å². The number of anilines is 1. The smallest absolute Gasteiger partial charge is 0.173 e. The van der Waals surface area contributed by atoms with Gasteiger partial charge in [0.2, 0.25) is 0 Å². The van der Waals surface area contributed by atoms with Crippen molar-refractivity contribution in [1.29, 1.82) is 0 Å². The fraction of sp³-hybridized carbons (Fsp3) is 0.316. The first-order valence-electron chi connectivity index (χ1n) is 8.42. The van der Waals surface area contributed by atoms with E-state index < -0.39 is 0 Å². The quantitative estimate of drug-likeness (QED) is 0.749. The Morgan fingerprint density at radius 3 is 2.54 bits per heavy atom. The molecule has 1 N–H and O–H groups in total. The standard InChI is InChI=1S/C19H21Cl2N3OS/c1-25-18-5-3-2-4-17(18)22-19(26)24-10-8-23(9-11-24)13-14-6-7-15(20)12-16(14)21/h2-7,12H,8-11,13H2,1H3,(H,22,26). The Balaban J connectivity index is 1.54. The van der Waals surface area contributed by atoms with E-state index in [4.69, 9.17) is 40.2 Å². The lowest BCUT2D eigenvalue weighted by atomic mass is 10.2. The number of hydrogen-bond donors (Lipinski definition) is 1. The van der Waals surface area contributed by atoms with Crippen LogP contribution in [0.5, 0.6) is 5.75 Å². The Kier molecular flexibility index (Phi) is 6.59. The van der Waals surface area contributed by atoms with Crippen molar-refractivity contribution in [2.24, 2.45) is 0 Å². The van der Waals surface area contributed by atoms with Gasteiger partial charge in [0.05, 0.1) is 12.8 Å². The van der Waals surface area contributed by atoms with Crippen molar-refractivity contribution in [3.8, 4) is 5.75 Å². The number of nitrogens with zero attached hydrogens (tertiary/aromatic N) is 2. The molecule has 7 heteroatoms. The largest absolute Gasteiger partial charge is 0.495 e. The molecule has 0 bridgehead atoms. The predicted molar refractivity (Wildman–Crippen MR) is 113 cm³/mol. The van der Waals surface area contributed by atoms with Crippen LogP contribution in [0.4, 0.5) is 5.69 Å². The number of halogens is 2. The molecule has 4 nitrogen and oxygen atoms in total. The minimum atomic E-state index is 0.663. The molecule has 3 rings (SSSR count). The Bertz CT molecular complexity index is 779. The summed E-state index contributed by atoms with van der Waals surface area (Å²) in [4.78, 5) is 4.55. The van der Waals surface area contributed by atoms with Crippen LogP contribution in [0, 0.1) is 0 Å². The van der Waals surface area contributed by atoms with Gasteiger partial charge in [-0.2, -0.15) is 0 Å². The number of hydrogen-bond acceptors (Lipinski definition) is 3. The molecule has 1 aliphatic heterocycles. The number of para-hydroxylation sites is 2. The van der Waals surface area contributed by atoms with Gasteiger partial charge in [-0.25, -0.2) is 0 Å². The van der Waals surface area contributed by atoms with E-state index in [9.17, 15) is 0 Å². The fourth-order valence-electron chi connectivity index (χ4n) is 2.94. The topological polar surface area (TPSA) is 27.7 Å². The van der Waals surface area contributed by atoms with E-state index in [0.717, 1.165) is 54.8 Å². The summed E-state index contributed by atoms with van der Waals surface area (Å²) in [7, 11) is 1.66. The first-order valence-corrected chi connectivity index (χ1v) is 9.58. The van der Waals surface area contributed by atoms with E-state index in [-0.39, 0.29) is 0 Å². The van der Waals surface area contributed by atoms with Crippen molar-refractivity contribution in [3.05, 3.63) is 58.1 Å². The van der Waals surface area contributed by atoms with Crippen molar-refractivity contribution in [3.63, 3.8) is 0 Å². The molecule has 2 aromatic rings. The molecule has 138 valence electrons. The maximum Gasteiger partial charge on any atom is 0.173 e. The highest BCUT2D eigenvalue weighted by atomic mass is 35.5. The number of benzene rings is 2. The van der Waals surface area contributed by atoms with Crippen LogP contribution in [0.25, 0.3) is 0 Å². The van der Waals surface area contributed by atoms with E-state index in [1.165, 1.54) is 0 Å². The predicted octanol–water partition coefficient (Wildman–Crippen LogP) is 4.52. The van der Waals surface area contributed by atoms with E-state index >= 15 is 0 Å². The molecular formula is C19H21Cl2N3OS. The van der Waals surface area contributed by atoms with Gasteiger partial charge in [-0.15, -0.1) is 0 Å². The van der Waals surface area contributed by atoms with Crippen molar-refractivity contribution in [1.82, 2.24) is 9.80 Å². The summed E-state index contributed by atoms with van der Waals surface area (Å²) in [6, 6.07) is 13.4. The molecule has 2 aromatic carbocycles. The lowest BCUT2D eigenvalue weighted by Gasteiger charge is -2.36. The highest BCUT2D eigenvalue weighted by Crippen LogP contribution is 2.24. The number of piperazine rings is 1. The highest BCUT2D eigenvalue weighted by molar-refractivity contribution is 7.80. The van der Waals surface area contributed by atoms with Crippen LogP contribution in [0.3, 0.4) is 0 Å². The minimum Gasteiger partial charge on any atom is -0.495 e. The second-order valence-electron chi connectivity index (χ2n) is 6.13. The maximum atomic E-state index is 6.28. The normalized spacial score (nSPS) is 15.0. The Hall–Kier alpha value is -1.53. The summed E-state index contributed by atoms with van der Waals surface area (Å²) in [5.74, 6) is 0.783. The van der Waals surface area contributed by atoms with Gasteiger partial charge >= 0.3 is 0 Å². The molecule has 0 aromatic heterocycles. The lowest BCUT2D eigenvalue weighted by Crippen LogP contribution is -2.49. The van der Waals surface area contributed by atoms with Gasteiger partial charge < -0.3 is 15.0 Å². The molecule has 0 atom stereocenters. The number of rotatable bonds is 4. The lowest BCUT2D eigenvalue weighted by molar-refractivity contribution is 0.177. The zero-order valence-corrected chi connectivity index (χ0v) is 16.9. The second kappa shape index (κ2) is 8.91. The Morgan fingerprint density at radius 1 is 1.12 bits per heavy atom. The van der Waals surface area contributed by atoms with Gasteiger partial charge in [0, 0.05) is 42.8 Å². The average Bonchev–Trinajstić information content (AvgIpc) is 2.65. The molecule has 0 saturated carbocycles. The third-order valence-corrected chi connectivity index (χ3v) is 5.36. The van der Waals surface area contributed by atoms with E-state index in [1.807, 2.05) is 36.4 Å². The first-order chi connectivity index (χ1) is 12.6. The molecule has 0 radical (unpaired) electrons. The number of nitrogens with one attached hydrogen (secondary N) is 1. The summed E-state index contributed by atoms with van der Waals surface area (Å²) in [5, 5.41) is 5.39. The molecule has 0 amide bonds. The summed E-state index contributed by atoms with van der Waals surface area (Å²) in [6.45, 7) is 4.40. The van der Waals surface area contributed by atoms with Gasteiger partial charge in [0.15, 0.2) is 5.11 Å². The molecule has 1 fully saturated rings. The molecule has 26 heavy (non-hydrogen) atoms. The molecule has 0 spiro atoms. The van der Waals surface area contributed by atoms with Crippen LogP contribution in [0.15, 0.2) is 42.5 Å². The SMILES string of the molecule is COc1ccccc1NC(=S)N1CCN(Cc2ccc(Cl)cc2Cl)CC1. The van der Waals surface area contributed by atoms with Crippen molar-refractivity contribution in [2.45, 2.75) is 6.54 Å². The second-order valence-corrected chi connectivity index (χ2v) is 7.36. The molecule has 1 heterocycles. The first kappa shape index (κ1) is 19.2. The Morgan fingerprint density at radius 2 is 1.85 bits per heavy atom. The van der Waals surface area contributed by atoms with E-state index in [0.29, 0.717) is 10.0 Å². The summed E-state index contributed by atoms with van der Waals surface area (Å²) >= 11 is 17.8. The molecule has 1 aliphatic rings. The van der Waals surface area contributed by atoms with Gasteiger partial charge in [0.25, 0.3) is 0 Å². The van der Waals surface area contributed by atoms with Crippen LogP contribution in [-0.2, 0) is 6.54 Å². The monoisotopic (exact) mass is 409 g/mol. The zero-order chi connectivity index (χ0) is 18.5. The zero-order valence-electron chi connectivity index (χ0n) is 14.5. The summed E-state index contributed by atoms with van der Waals surface area (Å²) < 4.78 is 5.37. The summed E-state index contributed by atoms with van der Waals surface area (Å²) in [6.07, 6.45) is 0.